The Morgan fingerprint density at radius 1 is 1.20 bits per heavy atom. The number of hydrogen-bond acceptors (Lipinski definition) is 9. The maximum Gasteiger partial charge on any atom is 0.222 e. The van der Waals surface area contributed by atoms with Gasteiger partial charge in [-0.1, -0.05) is 6.92 Å². The van der Waals surface area contributed by atoms with Crippen LogP contribution in [0.2, 0.25) is 0 Å². The van der Waals surface area contributed by atoms with Crippen molar-refractivity contribution in [2.45, 2.75) is 44.1 Å². The summed E-state index contributed by atoms with van der Waals surface area (Å²) >= 11 is 0. The van der Waals surface area contributed by atoms with Crippen LogP contribution < -0.4 is 5.32 Å². The average molecular weight is 365 g/mol. The molecule has 3 unspecified atom stereocenters. The van der Waals surface area contributed by atoms with Gasteiger partial charge in [0.05, 0.1) is 26.4 Å². The molecule has 0 aliphatic carbocycles. The Balaban J connectivity index is 2.14. The maximum absolute atomic E-state index is 11.5. The first-order valence-electron chi connectivity index (χ1n) is 8.12. The van der Waals surface area contributed by atoms with Gasteiger partial charge in [0.1, 0.15) is 30.7 Å². The highest BCUT2D eigenvalue weighted by molar-refractivity contribution is 5.76. The first kappa shape index (κ1) is 21.9. The molecule has 0 radical (unpaired) electrons. The number of amides is 1. The lowest BCUT2D eigenvalue weighted by Crippen LogP contribution is -2.59. The third-order valence-electron chi connectivity index (χ3n) is 3.69. The number of hydrogen-bond donors (Lipinski definition) is 5. The molecule has 1 heterocycles. The summed E-state index contributed by atoms with van der Waals surface area (Å²) in [5, 5.41) is 40.6. The lowest BCUT2D eigenvalue weighted by Gasteiger charge is -2.39. The molecule has 1 amide bonds. The minimum absolute atomic E-state index is 0.0203. The highest BCUT2D eigenvalue weighted by atomic mass is 16.7. The van der Waals surface area contributed by atoms with Crippen molar-refractivity contribution in [3.63, 3.8) is 0 Å². The van der Waals surface area contributed by atoms with E-state index in [1.54, 1.807) is 6.92 Å². The van der Waals surface area contributed by atoms with Crippen LogP contribution in [-0.2, 0) is 23.8 Å². The summed E-state index contributed by atoms with van der Waals surface area (Å²) in [4.78, 5) is 21.9. The number of rotatable bonds is 11. The van der Waals surface area contributed by atoms with Gasteiger partial charge in [0.2, 0.25) is 5.91 Å². The summed E-state index contributed by atoms with van der Waals surface area (Å²) in [6.45, 7) is 1.74. The molecule has 5 N–H and O–H groups in total. The summed E-state index contributed by atoms with van der Waals surface area (Å²) in [7, 11) is 0. The Bertz CT molecular complexity index is 406. The molecule has 25 heavy (non-hydrogen) atoms. The summed E-state index contributed by atoms with van der Waals surface area (Å²) < 4.78 is 15.6. The molecule has 1 aliphatic heterocycles. The van der Waals surface area contributed by atoms with Gasteiger partial charge in [-0.2, -0.15) is 0 Å². The van der Waals surface area contributed by atoms with Crippen LogP contribution in [0.5, 0.6) is 0 Å². The zero-order chi connectivity index (χ0) is 18.8. The van der Waals surface area contributed by atoms with Crippen molar-refractivity contribution in [2.24, 2.45) is 5.92 Å². The van der Waals surface area contributed by atoms with Crippen LogP contribution in [0.15, 0.2) is 0 Å². The molecule has 0 aromatic carbocycles. The van der Waals surface area contributed by atoms with Gasteiger partial charge in [-0.15, -0.1) is 0 Å². The molecule has 0 aromatic heterocycles. The standard InChI is InChI=1S/C15H27NO9/c1-9(7-17)6-16-11(19)2-3-23-4-5-24-15-14(22)13(21)12(20)10(8-18)25-15/h7,9-10,12-15,18,20-22H,2-6,8H2,1H3,(H,16,19)/t9-,10?,12?,13-,14+,15?/m0/s1. The summed E-state index contributed by atoms with van der Waals surface area (Å²) in [6.07, 6.45) is -5.72. The van der Waals surface area contributed by atoms with Crippen LogP contribution in [0.3, 0.4) is 0 Å². The van der Waals surface area contributed by atoms with Gasteiger partial charge in [-0.05, 0) is 0 Å². The third-order valence-corrected chi connectivity index (χ3v) is 3.69. The van der Waals surface area contributed by atoms with Gasteiger partial charge in [-0.3, -0.25) is 4.79 Å². The molecule has 10 nitrogen and oxygen atoms in total. The minimum atomic E-state index is -1.49. The molecule has 0 bridgehead atoms. The zero-order valence-corrected chi connectivity index (χ0v) is 14.1. The largest absolute Gasteiger partial charge is 0.394 e. The first-order valence-corrected chi connectivity index (χ1v) is 8.12. The van der Waals surface area contributed by atoms with Crippen LogP contribution in [0.1, 0.15) is 13.3 Å². The number of nitrogens with one attached hydrogen (secondary N) is 1. The van der Waals surface area contributed by atoms with Gasteiger partial charge in [0.25, 0.3) is 0 Å². The minimum Gasteiger partial charge on any atom is -0.394 e. The van der Waals surface area contributed by atoms with Crippen LogP contribution in [-0.4, -0.2) is 96.3 Å². The summed E-state index contributed by atoms with van der Waals surface area (Å²) in [5.41, 5.74) is 0. The van der Waals surface area contributed by atoms with E-state index in [1.165, 1.54) is 0 Å². The van der Waals surface area contributed by atoms with Crippen LogP contribution >= 0.6 is 0 Å². The molecule has 0 saturated carbocycles. The molecule has 1 rings (SSSR count). The predicted octanol–water partition coefficient (Wildman–Crippen LogP) is -2.84. The fraction of sp³-hybridized carbons (Fsp3) is 0.867. The molecule has 1 saturated heterocycles. The van der Waals surface area contributed by atoms with Crippen molar-refractivity contribution >= 4 is 12.2 Å². The van der Waals surface area contributed by atoms with Crippen molar-refractivity contribution < 1.29 is 44.2 Å². The second kappa shape index (κ2) is 11.5. The van der Waals surface area contributed by atoms with Crippen LogP contribution in [0.25, 0.3) is 0 Å². The molecule has 6 atom stereocenters. The monoisotopic (exact) mass is 365 g/mol. The molecule has 1 fully saturated rings. The van der Waals surface area contributed by atoms with Gasteiger partial charge in [0.15, 0.2) is 6.29 Å². The molecular formula is C15H27NO9. The van der Waals surface area contributed by atoms with E-state index in [4.69, 9.17) is 19.3 Å². The van der Waals surface area contributed by atoms with Crippen LogP contribution in [0, 0.1) is 5.92 Å². The van der Waals surface area contributed by atoms with Crippen molar-refractivity contribution in [3.05, 3.63) is 0 Å². The Morgan fingerprint density at radius 2 is 1.92 bits per heavy atom. The second-order valence-electron chi connectivity index (χ2n) is 5.85. The normalized spacial score (nSPS) is 30.7. The second-order valence-corrected chi connectivity index (χ2v) is 5.85. The predicted molar refractivity (Wildman–Crippen MR) is 83.4 cm³/mol. The number of carbonyl (C=O) groups excluding carboxylic acids is 2. The molecule has 0 spiro atoms. The molecule has 10 heteroatoms. The Kier molecular flexibility index (Phi) is 10.0. The fourth-order valence-corrected chi connectivity index (χ4v) is 2.11. The highest BCUT2D eigenvalue weighted by Gasteiger charge is 2.43. The smallest absolute Gasteiger partial charge is 0.222 e. The summed E-state index contributed by atoms with van der Waals surface area (Å²) in [6, 6.07) is 0. The van der Waals surface area contributed by atoms with Crippen molar-refractivity contribution in [1.82, 2.24) is 5.32 Å². The number of aldehydes is 1. The number of aliphatic hydroxyl groups excluding tert-OH is 4. The van der Waals surface area contributed by atoms with Crippen molar-refractivity contribution in [3.8, 4) is 0 Å². The van der Waals surface area contributed by atoms with Crippen LogP contribution in [0.4, 0.5) is 0 Å². The quantitative estimate of drug-likeness (QED) is 0.192. The van der Waals surface area contributed by atoms with Crippen molar-refractivity contribution in [2.75, 3.05) is 33.0 Å². The molecule has 0 aromatic rings. The number of ether oxygens (including phenoxy) is 3. The lowest BCUT2D eigenvalue weighted by atomic mass is 9.99. The number of aliphatic hydroxyl groups is 4. The Hall–Kier alpha value is -1.14. The van der Waals surface area contributed by atoms with E-state index in [9.17, 15) is 24.9 Å². The van der Waals surface area contributed by atoms with E-state index < -0.39 is 37.3 Å². The van der Waals surface area contributed by atoms with Crippen molar-refractivity contribution in [1.29, 1.82) is 0 Å². The van der Waals surface area contributed by atoms with E-state index in [2.05, 4.69) is 5.32 Å². The Labute approximate surface area is 145 Å². The molecular weight excluding hydrogens is 338 g/mol. The van der Waals surface area contributed by atoms with Gasteiger partial charge >= 0.3 is 0 Å². The number of carbonyl (C=O) groups is 2. The van der Waals surface area contributed by atoms with E-state index in [1.807, 2.05) is 0 Å². The maximum atomic E-state index is 11.5. The first-order chi connectivity index (χ1) is 11.9. The van der Waals surface area contributed by atoms with Gasteiger partial charge in [0, 0.05) is 18.9 Å². The van der Waals surface area contributed by atoms with Gasteiger partial charge < -0.3 is 44.7 Å². The van der Waals surface area contributed by atoms with E-state index in [-0.39, 0.29) is 44.6 Å². The molecule has 1 aliphatic rings. The fourth-order valence-electron chi connectivity index (χ4n) is 2.11. The van der Waals surface area contributed by atoms with E-state index >= 15 is 0 Å². The highest BCUT2D eigenvalue weighted by Crippen LogP contribution is 2.21. The average Bonchev–Trinajstić information content (AvgIpc) is 2.62. The topological polar surface area (TPSA) is 155 Å². The third kappa shape index (κ3) is 7.32. The lowest BCUT2D eigenvalue weighted by molar-refractivity contribution is -0.302. The van der Waals surface area contributed by atoms with Gasteiger partial charge in [-0.25, -0.2) is 0 Å². The summed E-state index contributed by atoms with van der Waals surface area (Å²) in [5.74, 6) is -0.472. The molecule has 146 valence electrons. The Morgan fingerprint density at radius 3 is 2.56 bits per heavy atom. The van der Waals surface area contributed by atoms with E-state index in [0.29, 0.717) is 0 Å². The SMILES string of the molecule is C[C@H](C=O)CNC(=O)CCOCCOC1OC(CO)C(O)[C@H](O)[C@H]1O. The van der Waals surface area contributed by atoms with E-state index in [0.717, 1.165) is 6.29 Å². The zero-order valence-electron chi connectivity index (χ0n) is 14.1.